The van der Waals surface area contributed by atoms with Crippen LogP contribution in [0.3, 0.4) is 0 Å². The van der Waals surface area contributed by atoms with Crippen LogP contribution in [0.4, 0.5) is 0 Å². The smallest absolute Gasteiger partial charge is 0.00967 e. The van der Waals surface area contributed by atoms with Crippen molar-refractivity contribution in [2.45, 2.75) is 104 Å². The first-order valence-electron chi connectivity index (χ1n) is 9.69. The van der Waals surface area contributed by atoms with Gasteiger partial charge in [-0.1, -0.05) is 51.9 Å². The monoisotopic (exact) mass is 293 g/mol. The summed E-state index contributed by atoms with van der Waals surface area (Å²) in [6, 6.07) is 0. The lowest BCUT2D eigenvalue weighted by molar-refractivity contribution is 0.200. The molecule has 0 saturated heterocycles. The predicted molar refractivity (Wildman–Crippen MR) is 93.6 cm³/mol. The van der Waals surface area contributed by atoms with Gasteiger partial charge in [0.1, 0.15) is 0 Å². The fraction of sp³-hybridized carbons (Fsp3) is 1.00. The molecule has 0 heterocycles. The summed E-state index contributed by atoms with van der Waals surface area (Å²) in [7, 11) is 0. The largest absolute Gasteiger partial charge is 0.312 e. The van der Waals surface area contributed by atoms with E-state index < -0.39 is 0 Å². The molecule has 1 nitrogen and oxygen atoms in total. The number of rotatable bonds is 10. The summed E-state index contributed by atoms with van der Waals surface area (Å²) in [5.74, 6) is 2.22. The molecule has 0 aromatic rings. The van der Waals surface area contributed by atoms with Crippen LogP contribution >= 0.6 is 0 Å². The molecular weight excluding hydrogens is 254 g/mol. The Hall–Kier alpha value is -0.0400. The zero-order valence-electron chi connectivity index (χ0n) is 15.1. The molecule has 2 rings (SSSR count). The van der Waals surface area contributed by atoms with Gasteiger partial charge in [0.25, 0.3) is 0 Å². The van der Waals surface area contributed by atoms with E-state index in [0.29, 0.717) is 5.41 Å². The van der Waals surface area contributed by atoms with Crippen LogP contribution in [-0.2, 0) is 0 Å². The highest BCUT2D eigenvalue weighted by atomic mass is 15.0. The fourth-order valence-electron chi connectivity index (χ4n) is 4.35. The topological polar surface area (TPSA) is 12.0 Å². The van der Waals surface area contributed by atoms with Crippen LogP contribution in [0, 0.1) is 17.3 Å². The van der Waals surface area contributed by atoms with Crippen molar-refractivity contribution in [2.24, 2.45) is 17.3 Å². The molecule has 0 aromatic heterocycles. The summed E-state index contributed by atoms with van der Waals surface area (Å²) in [5, 5.41) is 3.81. The van der Waals surface area contributed by atoms with Crippen LogP contribution < -0.4 is 5.32 Å². The molecule has 0 radical (unpaired) electrons. The minimum Gasteiger partial charge on any atom is -0.312 e. The Morgan fingerprint density at radius 2 is 1.48 bits per heavy atom. The number of unbranched alkanes of at least 4 members (excludes halogenated alkanes) is 6. The Balaban J connectivity index is 1.66. The van der Waals surface area contributed by atoms with Gasteiger partial charge in [0.2, 0.25) is 0 Å². The molecule has 1 heteroatoms. The van der Waals surface area contributed by atoms with Crippen molar-refractivity contribution in [3.8, 4) is 0 Å². The van der Waals surface area contributed by atoms with Crippen LogP contribution in [0.2, 0.25) is 0 Å². The maximum atomic E-state index is 3.81. The van der Waals surface area contributed by atoms with E-state index in [2.05, 4.69) is 33.0 Å². The van der Waals surface area contributed by atoms with Gasteiger partial charge in [0.15, 0.2) is 0 Å². The van der Waals surface area contributed by atoms with E-state index in [4.69, 9.17) is 0 Å². The van der Waals surface area contributed by atoms with Crippen LogP contribution in [0.1, 0.15) is 98.3 Å². The van der Waals surface area contributed by atoms with E-state index in [1.807, 2.05) is 0 Å². The van der Waals surface area contributed by atoms with E-state index in [-0.39, 0.29) is 5.54 Å². The molecule has 0 spiro atoms. The molecule has 2 aliphatic rings. The minimum absolute atomic E-state index is 0.278. The Bertz CT molecular complexity index is 291. The normalized spacial score (nSPS) is 31.4. The van der Waals surface area contributed by atoms with Gasteiger partial charge in [-0.05, 0) is 63.7 Å². The third-order valence-electron chi connectivity index (χ3n) is 5.76. The van der Waals surface area contributed by atoms with E-state index in [0.717, 1.165) is 11.8 Å². The lowest BCUT2D eigenvalue weighted by atomic mass is 9.77. The maximum absolute atomic E-state index is 3.81. The number of hydrogen-bond acceptors (Lipinski definition) is 1. The highest BCUT2D eigenvalue weighted by Gasteiger charge is 2.53. The summed E-state index contributed by atoms with van der Waals surface area (Å²) in [5.41, 5.74) is 0.935. The Morgan fingerprint density at radius 1 is 0.905 bits per heavy atom. The van der Waals surface area contributed by atoms with E-state index in [1.165, 1.54) is 70.8 Å². The first-order valence-corrected chi connectivity index (χ1v) is 9.69. The molecule has 1 N–H and O–H groups in total. The first-order chi connectivity index (χ1) is 9.94. The highest BCUT2D eigenvalue weighted by molar-refractivity contribution is 5.04. The summed E-state index contributed by atoms with van der Waals surface area (Å²) in [4.78, 5) is 0. The van der Waals surface area contributed by atoms with Gasteiger partial charge < -0.3 is 5.32 Å². The van der Waals surface area contributed by atoms with E-state index in [9.17, 15) is 0 Å². The van der Waals surface area contributed by atoms with E-state index >= 15 is 0 Å². The molecule has 0 aliphatic heterocycles. The first kappa shape index (κ1) is 17.3. The molecule has 2 aliphatic carbocycles. The van der Waals surface area contributed by atoms with Gasteiger partial charge in [-0.15, -0.1) is 0 Å². The second kappa shape index (κ2) is 7.49. The van der Waals surface area contributed by atoms with Crippen LogP contribution in [0.25, 0.3) is 0 Å². The van der Waals surface area contributed by atoms with Crippen molar-refractivity contribution in [2.75, 3.05) is 6.54 Å². The van der Waals surface area contributed by atoms with Gasteiger partial charge in [-0.25, -0.2) is 0 Å². The van der Waals surface area contributed by atoms with Crippen molar-refractivity contribution >= 4 is 0 Å². The predicted octanol–water partition coefficient (Wildman–Crippen LogP) is 5.93. The Kier molecular flexibility index (Phi) is 6.17. The molecule has 2 unspecified atom stereocenters. The molecule has 0 aromatic carbocycles. The summed E-state index contributed by atoms with van der Waals surface area (Å²) < 4.78 is 0. The Morgan fingerprint density at radius 3 is 2.05 bits per heavy atom. The van der Waals surface area contributed by atoms with Gasteiger partial charge >= 0.3 is 0 Å². The second-order valence-electron chi connectivity index (χ2n) is 9.14. The van der Waals surface area contributed by atoms with Crippen molar-refractivity contribution in [1.82, 2.24) is 5.32 Å². The molecule has 21 heavy (non-hydrogen) atoms. The third kappa shape index (κ3) is 5.93. The number of hydrogen-bond donors (Lipinski definition) is 1. The van der Waals surface area contributed by atoms with Crippen LogP contribution in [0.15, 0.2) is 0 Å². The lowest BCUT2D eigenvalue weighted by Gasteiger charge is -2.35. The zero-order chi connectivity index (χ0) is 15.3. The van der Waals surface area contributed by atoms with Crippen molar-refractivity contribution in [3.63, 3.8) is 0 Å². The summed E-state index contributed by atoms with van der Waals surface area (Å²) in [6.45, 7) is 10.5. The molecule has 124 valence electrons. The number of fused-ring (bicyclic) bond motifs is 1. The quantitative estimate of drug-likeness (QED) is 0.492. The summed E-state index contributed by atoms with van der Waals surface area (Å²) >= 11 is 0. The van der Waals surface area contributed by atoms with Crippen LogP contribution in [-0.4, -0.2) is 12.1 Å². The molecule has 2 saturated carbocycles. The van der Waals surface area contributed by atoms with Crippen molar-refractivity contribution < 1.29 is 0 Å². The summed E-state index contributed by atoms with van der Waals surface area (Å²) in [6.07, 6.45) is 16.2. The molecule has 0 amide bonds. The van der Waals surface area contributed by atoms with E-state index in [1.54, 1.807) is 6.42 Å². The van der Waals surface area contributed by atoms with Gasteiger partial charge in [0, 0.05) is 12.1 Å². The highest BCUT2D eigenvalue weighted by Crippen LogP contribution is 2.61. The Labute approximate surface area is 133 Å². The lowest BCUT2D eigenvalue weighted by Crippen LogP contribution is -2.43. The molecule has 2 atom stereocenters. The van der Waals surface area contributed by atoms with Crippen LogP contribution in [0.5, 0.6) is 0 Å². The van der Waals surface area contributed by atoms with Gasteiger partial charge in [0.05, 0.1) is 0 Å². The molecule has 0 bridgehead atoms. The van der Waals surface area contributed by atoms with Gasteiger partial charge in [-0.3, -0.25) is 0 Å². The molecule has 2 fully saturated rings. The molecular formula is C20H39N. The second-order valence-corrected chi connectivity index (χ2v) is 9.14. The minimum atomic E-state index is 0.278. The average molecular weight is 294 g/mol. The van der Waals surface area contributed by atoms with Gasteiger partial charge in [-0.2, -0.15) is 0 Å². The average Bonchev–Trinajstić information content (AvgIpc) is 3.03. The zero-order valence-corrected chi connectivity index (χ0v) is 15.1. The van der Waals surface area contributed by atoms with Crippen molar-refractivity contribution in [3.05, 3.63) is 0 Å². The number of nitrogens with one attached hydrogen (secondary N) is 1. The SMILES string of the molecule is CCCCCCCCCC1(CNC(C)(C)C)CC2CC2C1. The maximum Gasteiger partial charge on any atom is 0.00967 e. The van der Waals surface area contributed by atoms with Crippen molar-refractivity contribution in [1.29, 1.82) is 0 Å². The third-order valence-corrected chi connectivity index (χ3v) is 5.76. The fourth-order valence-corrected chi connectivity index (χ4v) is 4.35. The standard InChI is InChI=1S/C20H39N/c1-5-6-7-8-9-10-11-12-20(16-21-19(2,3)4)14-17-13-18(17)15-20/h17-18,21H,5-16H2,1-4H3.